The molecule has 1 aromatic heterocycles. The lowest BCUT2D eigenvalue weighted by molar-refractivity contribution is 0.0688. The summed E-state index contributed by atoms with van der Waals surface area (Å²) in [6.07, 6.45) is 1.29. The monoisotopic (exact) mass is 385 g/mol. The number of halogens is 2. The summed E-state index contributed by atoms with van der Waals surface area (Å²) < 4.78 is 26.6. The quantitative estimate of drug-likeness (QED) is 0.722. The van der Waals surface area contributed by atoms with Gasteiger partial charge in [0.25, 0.3) is 5.91 Å². The van der Waals surface area contributed by atoms with Crippen molar-refractivity contribution in [1.29, 1.82) is 0 Å². The van der Waals surface area contributed by atoms with Crippen LogP contribution in [0.5, 0.6) is 0 Å². The van der Waals surface area contributed by atoms with Crippen LogP contribution in [0.4, 0.5) is 8.78 Å². The highest BCUT2D eigenvalue weighted by molar-refractivity contribution is 6.04. The van der Waals surface area contributed by atoms with Crippen LogP contribution >= 0.6 is 0 Å². The minimum absolute atomic E-state index is 0.0640. The number of aromatic amines is 1. The van der Waals surface area contributed by atoms with Gasteiger partial charge in [-0.05, 0) is 54.7 Å². The largest absolute Gasteiger partial charge is 0.476 e. The molecule has 144 valence electrons. The van der Waals surface area contributed by atoms with Crippen molar-refractivity contribution in [3.63, 3.8) is 0 Å². The molecule has 6 nitrogen and oxygen atoms in total. The van der Waals surface area contributed by atoms with Crippen molar-refractivity contribution in [1.82, 2.24) is 15.1 Å². The Hall–Kier alpha value is -3.29. The third-order valence-corrected chi connectivity index (χ3v) is 5.21. The van der Waals surface area contributed by atoms with Gasteiger partial charge in [-0.3, -0.25) is 9.89 Å². The van der Waals surface area contributed by atoms with Gasteiger partial charge in [-0.1, -0.05) is 6.07 Å². The van der Waals surface area contributed by atoms with Crippen LogP contribution in [0.15, 0.2) is 36.4 Å². The molecule has 0 radical (unpaired) electrons. The zero-order valence-corrected chi connectivity index (χ0v) is 14.8. The molecule has 3 aromatic rings. The van der Waals surface area contributed by atoms with Gasteiger partial charge in [0, 0.05) is 24.0 Å². The van der Waals surface area contributed by atoms with E-state index in [2.05, 4.69) is 10.2 Å². The number of hydrogen-bond acceptors (Lipinski definition) is 3. The molecule has 1 fully saturated rings. The van der Waals surface area contributed by atoms with E-state index < -0.39 is 17.6 Å². The Morgan fingerprint density at radius 2 is 1.82 bits per heavy atom. The Balaban J connectivity index is 1.49. The van der Waals surface area contributed by atoms with E-state index >= 15 is 0 Å². The van der Waals surface area contributed by atoms with Crippen LogP contribution < -0.4 is 0 Å². The number of carboxylic acids is 1. The number of benzene rings is 2. The van der Waals surface area contributed by atoms with Crippen LogP contribution in [0.1, 0.15) is 45.2 Å². The zero-order chi connectivity index (χ0) is 19.8. The molecule has 2 aromatic carbocycles. The van der Waals surface area contributed by atoms with Gasteiger partial charge >= 0.3 is 5.97 Å². The summed E-state index contributed by atoms with van der Waals surface area (Å²) in [7, 11) is 0. The van der Waals surface area contributed by atoms with Crippen LogP contribution in [0, 0.1) is 11.6 Å². The molecule has 2 N–H and O–H groups in total. The fourth-order valence-corrected chi connectivity index (χ4v) is 3.67. The molecule has 1 aliphatic heterocycles. The van der Waals surface area contributed by atoms with E-state index in [1.54, 1.807) is 23.1 Å². The molecule has 0 saturated carbocycles. The number of piperidine rings is 1. The maximum absolute atomic E-state index is 13.5. The number of likely N-dealkylation sites (tertiary alicyclic amines) is 1. The first-order valence-electron chi connectivity index (χ1n) is 8.89. The minimum atomic E-state index is -1.16. The minimum Gasteiger partial charge on any atom is -0.476 e. The Bertz CT molecular complexity index is 1070. The first kappa shape index (κ1) is 18.1. The lowest BCUT2D eigenvalue weighted by Gasteiger charge is -2.32. The number of hydrogen-bond donors (Lipinski definition) is 2. The van der Waals surface area contributed by atoms with Gasteiger partial charge in [0.2, 0.25) is 0 Å². The summed E-state index contributed by atoms with van der Waals surface area (Å²) in [6, 6.07) is 8.74. The second-order valence-electron chi connectivity index (χ2n) is 6.88. The van der Waals surface area contributed by atoms with Crippen molar-refractivity contribution >= 4 is 22.8 Å². The summed E-state index contributed by atoms with van der Waals surface area (Å²) in [5.41, 5.74) is 1.55. The molecule has 2 heterocycles. The van der Waals surface area contributed by atoms with Gasteiger partial charge in [0.05, 0.1) is 5.52 Å². The van der Waals surface area contributed by atoms with Gasteiger partial charge < -0.3 is 10.0 Å². The number of nitrogens with zero attached hydrogens (tertiary/aromatic N) is 2. The van der Waals surface area contributed by atoms with Crippen LogP contribution in [-0.4, -0.2) is 45.2 Å². The molecule has 0 unspecified atom stereocenters. The molecular formula is C20H17F2N3O3. The van der Waals surface area contributed by atoms with Crippen LogP contribution in [-0.2, 0) is 0 Å². The maximum Gasteiger partial charge on any atom is 0.357 e. The highest BCUT2D eigenvalue weighted by Crippen LogP contribution is 2.30. The second kappa shape index (κ2) is 7.03. The van der Waals surface area contributed by atoms with E-state index in [1.807, 2.05) is 0 Å². The number of rotatable bonds is 3. The number of carbonyl (C=O) groups excluding carboxylic acids is 1. The highest BCUT2D eigenvalue weighted by Gasteiger charge is 2.26. The van der Waals surface area contributed by atoms with E-state index in [1.165, 1.54) is 12.1 Å². The zero-order valence-electron chi connectivity index (χ0n) is 14.8. The van der Waals surface area contributed by atoms with E-state index in [0.717, 1.165) is 11.6 Å². The van der Waals surface area contributed by atoms with Crippen molar-refractivity contribution in [3.8, 4) is 0 Å². The van der Waals surface area contributed by atoms with Crippen LogP contribution in [0.2, 0.25) is 0 Å². The van der Waals surface area contributed by atoms with E-state index in [-0.39, 0.29) is 17.5 Å². The summed E-state index contributed by atoms with van der Waals surface area (Å²) in [4.78, 5) is 25.8. The third-order valence-electron chi connectivity index (χ3n) is 5.21. The van der Waals surface area contributed by atoms with Gasteiger partial charge in [-0.2, -0.15) is 5.10 Å². The molecule has 1 aliphatic rings. The first-order chi connectivity index (χ1) is 13.4. The number of aromatic carboxylic acids is 1. The van der Waals surface area contributed by atoms with Gasteiger partial charge in [-0.15, -0.1) is 0 Å². The number of amides is 1. The van der Waals surface area contributed by atoms with Gasteiger partial charge in [0.15, 0.2) is 17.3 Å². The SMILES string of the molecule is O=C(O)c1n[nH]c2ccc(C(=O)N3CCC(c4ccc(F)c(F)c4)CC3)cc12. The summed E-state index contributed by atoms with van der Waals surface area (Å²) in [5.74, 6) is -3.02. The average molecular weight is 385 g/mol. The Morgan fingerprint density at radius 3 is 2.50 bits per heavy atom. The van der Waals surface area contributed by atoms with Crippen molar-refractivity contribution in [2.24, 2.45) is 0 Å². The number of H-pyrrole nitrogens is 1. The van der Waals surface area contributed by atoms with Gasteiger partial charge in [-0.25, -0.2) is 13.6 Å². The summed E-state index contributed by atoms with van der Waals surface area (Å²) in [6.45, 7) is 0.968. The molecule has 0 aliphatic carbocycles. The fraction of sp³-hybridized carbons (Fsp3) is 0.250. The number of aromatic nitrogens is 2. The van der Waals surface area contributed by atoms with Crippen molar-refractivity contribution in [2.45, 2.75) is 18.8 Å². The Kier molecular flexibility index (Phi) is 4.54. The molecular weight excluding hydrogens is 368 g/mol. The standard InChI is InChI=1S/C20H17F2N3O3/c21-15-3-1-12(10-16(15)22)11-5-7-25(8-6-11)19(26)13-2-4-17-14(9-13)18(20(27)28)24-23-17/h1-4,9-11H,5-8H2,(H,23,24)(H,27,28). The predicted octanol–water partition coefficient (Wildman–Crippen LogP) is 3.56. The second-order valence-corrected chi connectivity index (χ2v) is 6.88. The molecule has 28 heavy (non-hydrogen) atoms. The Morgan fingerprint density at radius 1 is 1.07 bits per heavy atom. The average Bonchev–Trinajstić information content (AvgIpc) is 3.13. The highest BCUT2D eigenvalue weighted by atomic mass is 19.2. The molecule has 0 atom stereocenters. The summed E-state index contributed by atoms with van der Waals surface area (Å²) >= 11 is 0. The van der Waals surface area contributed by atoms with Gasteiger partial charge in [0.1, 0.15) is 0 Å². The smallest absolute Gasteiger partial charge is 0.357 e. The first-order valence-corrected chi connectivity index (χ1v) is 8.89. The number of carbonyl (C=O) groups is 2. The number of fused-ring (bicyclic) bond motifs is 1. The van der Waals surface area contributed by atoms with Crippen molar-refractivity contribution in [3.05, 3.63) is 64.9 Å². The van der Waals surface area contributed by atoms with Crippen LogP contribution in [0.3, 0.4) is 0 Å². The number of carboxylic acid groups (broad SMARTS) is 1. The predicted molar refractivity (Wildman–Crippen MR) is 97.3 cm³/mol. The van der Waals surface area contributed by atoms with E-state index in [0.29, 0.717) is 42.4 Å². The third kappa shape index (κ3) is 3.21. The lowest BCUT2D eigenvalue weighted by atomic mass is 9.89. The molecule has 4 rings (SSSR count). The fourth-order valence-electron chi connectivity index (χ4n) is 3.67. The summed E-state index contributed by atoms with van der Waals surface area (Å²) in [5, 5.41) is 16.0. The molecule has 0 bridgehead atoms. The number of nitrogens with one attached hydrogen (secondary N) is 1. The maximum atomic E-state index is 13.5. The molecule has 1 amide bonds. The Labute approximate surface area is 158 Å². The van der Waals surface area contributed by atoms with Crippen molar-refractivity contribution < 1.29 is 23.5 Å². The lowest BCUT2D eigenvalue weighted by Crippen LogP contribution is -2.37. The normalized spacial score (nSPS) is 15.1. The van der Waals surface area contributed by atoms with Crippen LogP contribution in [0.25, 0.3) is 10.9 Å². The molecule has 8 heteroatoms. The molecule has 0 spiro atoms. The van der Waals surface area contributed by atoms with E-state index in [4.69, 9.17) is 0 Å². The topological polar surface area (TPSA) is 86.3 Å². The van der Waals surface area contributed by atoms with Crippen molar-refractivity contribution in [2.75, 3.05) is 13.1 Å². The van der Waals surface area contributed by atoms with E-state index in [9.17, 15) is 23.5 Å². The molecule has 1 saturated heterocycles.